The van der Waals surface area contributed by atoms with E-state index in [2.05, 4.69) is 17.2 Å². The first-order valence-corrected chi connectivity index (χ1v) is 7.20. The molecule has 0 saturated heterocycles. The number of rotatable bonds is 6. The van der Waals surface area contributed by atoms with Gasteiger partial charge in [0.15, 0.2) is 0 Å². The Kier molecular flexibility index (Phi) is 5.53. The van der Waals surface area contributed by atoms with Gasteiger partial charge in [-0.2, -0.15) is 0 Å². The Labute approximate surface area is 129 Å². The summed E-state index contributed by atoms with van der Waals surface area (Å²) in [5, 5.41) is 3.94. The molecule has 0 aliphatic carbocycles. The van der Waals surface area contributed by atoms with Crippen molar-refractivity contribution in [3.63, 3.8) is 0 Å². The summed E-state index contributed by atoms with van der Waals surface area (Å²) in [5.41, 5.74) is 1.73. The Morgan fingerprint density at radius 2 is 2.10 bits per heavy atom. The highest BCUT2D eigenvalue weighted by Gasteiger charge is 2.16. The zero-order valence-corrected chi connectivity index (χ0v) is 12.8. The van der Waals surface area contributed by atoms with Crippen LogP contribution in [-0.2, 0) is 0 Å². The van der Waals surface area contributed by atoms with E-state index in [0.29, 0.717) is 10.8 Å². The average molecular weight is 309 g/mol. The van der Waals surface area contributed by atoms with Gasteiger partial charge in [-0.05, 0) is 42.3 Å². The number of pyridine rings is 1. The summed E-state index contributed by atoms with van der Waals surface area (Å²) in [6.45, 7) is 2.89. The van der Waals surface area contributed by atoms with Gasteiger partial charge in [-0.3, -0.25) is 4.98 Å². The van der Waals surface area contributed by atoms with Gasteiger partial charge >= 0.3 is 0 Å². The van der Waals surface area contributed by atoms with Gasteiger partial charge in [0.25, 0.3) is 0 Å². The first kappa shape index (κ1) is 15.7. The molecule has 1 N–H and O–H groups in total. The third kappa shape index (κ3) is 3.93. The van der Waals surface area contributed by atoms with E-state index in [0.717, 1.165) is 24.1 Å². The van der Waals surface area contributed by atoms with Gasteiger partial charge in [0.05, 0.1) is 24.4 Å². The second kappa shape index (κ2) is 7.38. The molecule has 2 aromatic rings. The molecule has 0 bridgehead atoms. The van der Waals surface area contributed by atoms with Gasteiger partial charge < -0.3 is 10.1 Å². The Hall–Kier alpha value is -1.65. The van der Waals surface area contributed by atoms with Gasteiger partial charge in [-0.15, -0.1) is 0 Å². The summed E-state index contributed by atoms with van der Waals surface area (Å²) in [5.74, 6) is 0.249. The van der Waals surface area contributed by atoms with Crippen molar-refractivity contribution < 1.29 is 9.13 Å². The number of halogens is 2. The number of aromatic nitrogens is 1. The molecule has 0 fully saturated rings. The number of hydrogen-bond acceptors (Lipinski definition) is 3. The topological polar surface area (TPSA) is 34.2 Å². The Bertz CT molecular complexity index is 607. The molecular weight excluding hydrogens is 291 g/mol. The predicted molar refractivity (Wildman–Crippen MR) is 82.3 cm³/mol. The molecule has 1 aromatic heterocycles. The van der Waals surface area contributed by atoms with Gasteiger partial charge in [-0.25, -0.2) is 4.39 Å². The minimum absolute atomic E-state index is 0.153. The van der Waals surface area contributed by atoms with Crippen molar-refractivity contribution >= 4 is 11.6 Å². The van der Waals surface area contributed by atoms with Crippen LogP contribution in [0.25, 0.3) is 0 Å². The molecular formula is C16H18ClFN2O. The molecule has 0 saturated carbocycles. The highest BCUT2D eigenvalue weighted by atomic mass is 35.5. The maximum atomic E-state index is 13.4. The van der Waals surface area contributed by atoms with Crippen LogP contribution < -0.4 is 10.1 Å². The van der Waals surface area contributed by atoms with Crippen molar-refractivity contribution in [3.05, 3.63) is 58.6 Å². The van der Waals surface area contributed by atoms with Crippen LogP contribution >= 0.6 is 11.6 Å². The smallest absolute Gasteiger partial charge is 0.141 e. The number of ether oxygens (including phenoxy) is 1. The van der Waals surface area contributed by atoms with Crippen LogP contribution in [0.4, 0.5) is 4.39 Å². The maximum Gasteiger partial charge on any atom is 0.141 e. The third-order valence-corrected chi connectivity index (χ3v) is 3.48. The highest BCUT2D eigenvalue weighted by molar-refractivity contribution is 6.32. The Balaban J connectivity index is 2.40. The van der Waals surface area contributed by atoms with E-state index in [1.807, 2.05) is 12.1 Å². The first-order valence-electron chi connectivity index (χ1n) is 6.83. The van der Waals surface area contributed by atoms with Gasteiger partial charge in [0.2, 0.25) is 0 Å². The Morgan fingerprint density at radius 3 is 2.76 bits per heavy atom. The van der Waals surface area contributed by atoms with Crippen molar-refractivity contribution in [1.82, 2.24) is 10.3 Å². The minimum Gasteiger partial charge on any atom is -0.495 e. The first-order chi connectivity index (χ1) is 10.2. The molecule has 0 radical (unpaired) electrons. The van der Waals surface area contributed by atoms with E-state index < -0.39 is 0 Å². The molecule has 1 unspecified atom stereocenters. The monoisotopic (exact) mass is 308 g/mol. The fourth-order valence-corrected chi connectivity index (χ4v) is 2.35. The van der Waals surface area contributed by atoms with Crippen LogP contribution in [0.2, 0.25) is 5.02 Å². The SMILES string of the molecule is CCCNC(c1cncc(F)c1)c1ccc(Cl)c(OC)c1. The summed E-state index contributed by atoms with van der Waals surface area (Å²) >= 11 is 6.06. The van der Waals surface area contributed by atoms with Crippen molar-refractivity contribution in [3.8, 4) is 5.75 Å². The van der Waals surface area contributed by atoms with Crippen LogP contribution in [0.15, 0.2) is 36.7 Å². The quantitative estimate of drug-likeness (QED) is 0.876. The minimum atomic E-state index is -0.350. The van der Waals surface area contributed by atoms with E-state index in [4.69, 9.17) is 16.3 Å². The number of benzene rings is 1. The lowest BCUT2D eigenvalue weighted by Gasteiger charge is -2.20. The zero-order valence-electron chi connectivity index (χ0n) is 12.1. The lowest BCUT2D eigenvalue weighted by Crippen LogP contribution is -2.23. The number of nitrogens with one attached hydrogen (secondary N) is 1. The molecule has 5 heteroatoms. The molecule has 3 nitrogen and oxygen atoms in total. The third-order valence-electron chi connectivity index (χ3n) is 3.17. The van der Waals surface area contributed by atoms with Crippen LogP contribution in [-0.4, -0.2) is 18.6 Å². The summed E-state index contributed by atoms with van der Waals surface area (Å²) in [6.07, 6.45) is 3.84. The van der Waals surface area contributed by atoms with E-state index in [9.17, 15) is 4.39 Å². The number of methoxy groups -OCH3 is 1. The van der Waals surface area contributed by atoms with E-state index in [1.165, 1.54) is 12.3 Å². The molecule has 0 amide bonds. The lowest BCUT2D eigenvalue weighted by atomic mass is 9.99. The summed E-state index contributed by atoms with van der Waals surface area (Å²) in [6, 6.07) is 6.88. The standard InChI is InChI=1S/C16H18ClFN2O/c1-3-6-20-16(12-7-13(18)10-19-9-12)11-4-5-14(17)15(8-11)21-2/h4-5,7-10,16,20H,3,6H2,1-2H3. The van der Waals surface area contributed by atoms with Gasteiger partial charge in [0.1, 0.15) is 11.6 Å². The van der Waals surface area contributed by atoms with E-state index in [1.54, 1.807) is 19.4 Å². The lowest BCUT2D eigenvalue weighted by molar-refractivity contribution is 0.414. The largest absolute Gasteiger partial charge is 0.495 e. The second-order valence-electron chi connectivity index (χ2n) is 4.72. The molecule has 2 rings (SSSR count). The molecule has 0 aliphatic heterocycles. The Morgan fingerprint density at radius 1 is 1.29 bits per heavy atom. The number of nitrogens with zero attached hydrogens (tertiary/aromatic N) is 1. The molecule has 0 spiro atoms. The van der Waals surface area contributed by atoms with Crippen LogP contribution in [0.3, 0.4) is 0 Å². The van der Waals surface area contributed by atoms with E-state index in [-0.39, 0.29) is 11.9 Å². The van der Waals surface area contributed by atoms with Crippen LogP contribution in [0, 0.1) is 5.82 Å². The predicted octanol–water partition coefficient (Wildman–Crippen LogP) is 3.97. The van der Waals surface area contributed by atoms with E-state index >= 15 is 0 Å². The average Bonchev–Trinajstić information content (AvgIpc) is 2.49. The van der Waals surface area contributed by atoms with Crippen molar-refractivity contribution in [2.45, 2.75) is 19.4 Å². The molecule has 21 heavy (non-hydrogen) atoms. The van der Waals surface area contributed by atoms with Crippen LogP contribution in [0.1, 0.15) is 30.5 Å². The molecule has 1 atom stereocenters. The van der Waals surface area contributed by atoms with Crippen LogP contribution in [0.5, 0.6) is 5.75 Å². The maximum absolute atomic E-state index is 13.4. The van der Waals surface area contributed by atoms with Crippen molar-refractivity contribution in [2.24, 2.45) is 0 Å². The van der Waals surface area contributed by atoms with Crippen molar-refractivity contribution in [2.75, 3.05) is 13.7 Å². The van der Waals surface area contributed by atoms with Gasteiger partial charge in [-0.1, -0.05) is 24.6 Å². The fraction of sp³-hybridized carbons (Fsp3) is 0.312. The molecule has 1 heterocycles. The number of hydrogen-bond donors (Lipinski definition) is 1. The normalized spacial score (nSPS) is 12.2. The fourth-order valence-electron chi connectivity index (χ4n) is 2.16. The molecule has 1 aromatic carbocycles. The zero-order chi connectivity index (χ0) is 15.2. The summed E-state index contributed by atoms with van der Waals surface area (Å²) in [7, 11) is 1.57. The summed E-state index contributed by atoms with van der Waals surface area (Å²) in [4.78, 5) is 3.93. The van der Waals surface area contributed by atoms with Gasteiger partial charge in [0, 0.05) is 6.20 Å². The molecule has 112 valence electrons. The van der Waals surface area contributed by atoms with Crippen molar-refractivity contribution in [1.29, 1.82) is 0 Å². The molecule has 0 aliphatic rings. The highest BCUT2D eigenvalue weighted by Crippen LogP contribution is 2.30. The summed E-state index contributed by atoms with van der Waals surface area (Å²) < 4.78 is 18.7. The second-order valence-corrected chi connectivity index (χ2v) is 5.12.